The Morgan fingerprint density at radius 3 is 2.07 bits per heavy atom. The lowest BCUT2D eigenvalue weighted by Gasteiger charge is -2.23. The van der Waals surface area contributed by atoms with Crippen LogP contribution in [0, 0.1) is 0 Å². The summed E-state index contributed by atoms with van der Waals surface area (Å²) in [4.78, 5) is 20.6. The number of nitrogens with one attached hydrogen (secondary N) is 1. The summed E-state index contributed by atoms with van der Waals surface area (Å²) in [5, 5.41) is 37.6. The number of aliphatic hydroxyl groups is 4. The van der Waals surface area contributed by atoms with E-state index in [1.165, 1.54) is 6.92 Å². The van der Waals surface area contributed by atoms with Crippen LogP contribution < -0.4 is 5.32 Å². The highest BCUT2D eigenvalue weighted by atomic mass is 16.4. The largest absolute Gasteiger partial charge is 0.391 e. The van der Waals surface area contributed by atoms with Crippen LogP contribution in [0.1, 0.15) is 6.92 Å². The minimum atomic E-state index is -1.97. The van der Waals surface area contributed by atoms with E-state index in [0.717, 1.165) is 0 Å². The molecule has 14 heavy (non-hydrogen) atoms. The average molecular weight is 207 g/mol. The first kappa shape index (κ1) is 13.0. The Kier molecular flexibility index (Phi) is 5.24. The number of aliphatic hydroxyl groups excluding tert-OH is 4. The first-order valence-electron chi connectivity index (χ1n) is 3.88. The molecular formula is C7H13NO6. The van der Waals surface area contributed by atoms with E-state index >= 15 is 0 Å². The Morgan fingerprint density at radius 1 is 1.21 bits per heavy atom. The molecular weight excluding hydrogens is 194 g/mol. The Morgan fingerprint density at radius 2 is 1.71 bits per heavy atom. The maximum Gasteiger partial charge on any atom is 0.257 e. The van der Waals surface area contributed by atoms with Gasteiger partial charge in [0.25, 0.3) is 5.91 Å². The summed E-state index contributed by atoms with van der Waals surface area (Å²) in [6.45, 7) is 1.18. The van der Waals surface area contributed by atoms with Crippen molar-refractivity contribution in [2.75, 3.05) is 0 Å². The third-order valence-electron chi connectivity index (χ3n) is 1.64. The molecule has 0 aromatic rings. The van der Waals surface area contributed by atoms with Gasteiger partial charge in [0.05, 0.1) is 6.10 Å². The van der Waals surface area contributed by atoms with Crippen LogP contribution in [0.15, 0.2) is 0 Å². The molecule has 0 aliphatic carbocycles. The molecule has 7 nitrogen and oxygen atoms in total. The third kappa shape index (κ3) is 3.38. The fraction of sp³-hybridized carbons (Fsp3) is 0.714. The second-order valence-corrected chi connectivity index (χ2v) is 2.79. The Bertz CT molecular complexity index is 206. The second kappa shape index (κ2) is 5.66. The lowest BCUT2D eigenvalue weighted by Crippen LogP contribution is -2.50. The van der Waals surface area contributed by atoms with Gasteiger partial charge in [-0.3, -0.25) is 14.9 Å². The maximum absolute atomic E-state index is 10.8. The molecule has 0 aliphatic heterocycles. The molecule has 0 aromatic carbocycles. The monoisotopic (exact) mass is 207 g/mol. The summed E-state index contributed by atoms with van der Waals surface area (Å²) in [7, 11) is 0. The molecule has 82 valence electrons. The average Bonchev–Trinajstić information content (AvgIpc) is 2.14. The van der Waals surface area contributed by atoms with Crippen molar-refractivity contribution < 1.29 is 30.0 Å². The van der Waals surface area contributed by atoms with Gasteiger partial charge in [-0.2, -0.15) is 0 Å². The Labute approximate surface area is 80.0 Å². The van der Waals surface area contributed by atoms with Crippen molar-refractivity contribution in [3.63, 3.8) is 0 Å². The summed E-state index contributed by atoms with van der Waals surface area (Å²) >= 11 is 0. The van der Waals surface area contributed by atoms with Crippen molar-refractivity contribution in [1.82, 2.24) is 5.32 Å². The van der Waals surface area contributed by atoms with Gasteiger partial charge in [-0.05, 0) is 6.92 Å². The van der Waals surface area contributed by atoms with E-state index in [0.29, 0.717) is 0 Å². The fourth-order valence-electron chi connectivity index (χ4n) is 0.771. The van der Waals surface area contributed by atoms with E-state index in [2.05, 4.69) is 0 Å². The lowest BCUT2D eigenvalue weighted by atomic mass is 10.0. The van der Waals surface area contributed by atoms with E-state index in [4.69, 9.17) is 20.4 Å². The van der Waals surface area contributed by atoms with E-state index in [9.17, 15) is 9.59 Å². The predicted molar refractivity (Wildman–Crippen MR) is 43.9 cm³/mol. The number of hydrogen-bond acceptors (Lipinski definition) is 6. The third-order valence-corrected chi connectivity index (χ3v) is 1.64. The zero-order chi connectivity index (χ0) is 11.3. The van der Waals surface area contributed by atoms with Gasteiger partial charge < -0.3 is 20.4 Å². The molecule has 0 saturated heterocycles. The SMILES string of the molecule is C[C@@H](O)[C@@H](O)[C@H](O)[C@@H](O)C(=O)NC=O. The highest BCUT2D eigenvalue weighted by Crippen LogP contribution is 2.04. The highest BCUT2D eigenvalue weighted by Gasteiger charge is 2.32. The fourth-order valence-corrected chi connectivity index (χ4v) is 0.771. The molecule has 0 rings (SSSR count). The molecule has 0 spiro atoms. The molecule has 2 amide bonds. The van der Waals surface area contributed by atoms with E-state index < -0.39 is 30.3 Å². The maximum atomic E-state index is 10.8. The molecule has 7 heteroatoms. The van der Waals surface area contributed by atoms with Crippen LogP contribution >= 0.6 is 0 Å². The van der Waals surface area contributed by atoms with Crippen molar-refractivity contribution in [3.05, 3.63) is 0 Å². The highest BCUT2D eigenvalue weighted by molar-refractivity contribution is 5.89. The van der Waals surface area contributed by atoms with Crippen molar-refractivity contribution in [2.24, 2.45) is 0 Å². The van der Waals surface area contributed by atoms with E-state index in [1.54, 1.807) is 5.32 Å². The Balaban J connectivity index is 4.29. The van der Waals surface area contributed by atoms with Gasteiger partial charge >= 0.3 is 0 Å². The molecule has 0 aromatic heterocycles. The van der Waals surface area contributed by atoms with E-state index in [1.807, 2.05) is 0 Å². The van der Waals surface area contributed by atoms with Crippen LogP contribution in [0.3, 0.4) is 0 Å². The van der Waals surface area contributed by atoms with E-state index in [-0.39, 0.29) is 6.41 Å². The zero-order valence-corrected chi connectivity index (χ0v) is 7.49. The summed E-state index contributed by atoms with van der Waals surface area (Å²) in [5.41, 5.74) is 0. The van der Waals surface area contributed by atoms with Gasteiger partial charge in [0, 0.05) is 0 Å². The first-order valence-corrected chi connectivity index (χ1v) is 3.88. The standard InChI is InChI=1S/C7H13NO6/c1-3(10)4(11)5(12)6(13)7(14)8-2-9/h2-6,10-13H,1H3,(H,8,9,14)/t3-,4-,5+,6-/m1/s1. The number of hydrogen-bond donors (Lipinski definition) is 5. The quantitative estimate of drug-likeness (QED) is 0.301. The van der Waals surface area contributed by atoms with Gasteiger partial charge in [-0.1, -0.05) is 0 Å². The molecule has 4 atom stereocenters. The van der Waals surface area contributed by atoms with Crippen LogP contribution in [-0.2, 0) is 9.59 Å². The van der Waals surface area contributed by atoms with Gasteiger partial charge in [-0.25, -0.2) is 0 Å². The number of amides is 2. The summed E-state index contributed by atoms with van der Waals surface area (Å²) in [5.74, 6) is -1.15. The Hall–Kier alpha value is -1.02. The molecule has 0 saturated carbocycles. The van der Waals surface area contributed by atoms with Crippen molar-refractivity contribution in [3.8, 4) is 0 Å². The number of imide groups is 1. The predicted octanol–water partition coefficient (Wildman–Crippen LogP) is -3.28. The number of rotatable bonds is 5. The minimum absolute atomic E-state index is 0.0348. The van der Waals surface area contributed by atoms with Gasteiger partial charge in [0.2, 0.25) is 6.41 Å². The topological polar surface area (TPSA) is 127 Å². The molecule has 0 heterocycles. The second-order valence-electron chi connectivity index (χ2n) is 2.79. The first-order chi connectivity index (χ1) is 6.41. The van der Waals surface area contributed by atoms with Crippen LogP contribution in [0.2, 0.25) is 0 Å². The van der Waals surface area contributed by atoms with Crippen LogP contribution in [0.5, 0.6) is 0 Å². The van der Waals surface area contributed by atoms with Gasteiger partial charge in [0.15, 0.2) is 6.10 Å². The van der Waals surface area contributed by atoms with Crippen molar-refractivity contribution >= 4 is 12.3 Å². The lowest BCUT2D eigenvalue weighted by molar-refractivity contribution is -0.146. The van der Waals surface area contributed by atoms with Crippen LogP contribution in [-0.4, -0.2) is 57.2 Å². The number of carbonyl (C=O) groups is 2. The molecule has 5 N–H and O–H groups in total. The van der Waals surface area contributed by atoms with Gasteiger partial charge in [-0.15, -0.1) is 0 Å². The summed E-state index contributed by atoms with van der Waals surface area (Å²) in [6, 6.07) is 0. The summed E-state index contributed by atoms with van der Waals surface area (Å²) in [6.07, 6.45) is -6.75. The molecule has 0 fully saturated rings. The number of carbonyl (C=O) groups excluding carboxylic acids is 2. The van der Waals surface area contributed by atoms with Crippen molar-refractivity contribution in [1.29, 1.82) is 0 Å². The molecule has 0 bridgehead atoms. The summed E-state index contributed by atoms with van der Waals surface area (Å²) < 4.78 is 0. The molecule has 0 aliphatic rings. The smallest absolute Gasteiger partial charge is 0.257 e. The van der Waals surface area contributed by atoms with Crippen molar-refractivity contribution in [2.45, 2.75) is 31.3 Å². The minimum Gasteiger partial charge on any atom is -0.391 e. The molecule has 0 unspecified atom stereocenters. The zero-order valence-electron chi connectivity index (χ0n) is 7.49. The molecule has 0 radical (unpaired) electrons. The van der Waals surface area contributed by atoms with Gasteiger partial charge in [0.1, 0.15) is 12.2 Å². The van der Waals surface area contributed by atoms with Crippen LogP contribution in [0.25, 0.3) is 0 Å². The normalized spacial score (nSPS) is 19.2. The van der Waals surface area contributed by atoms with Crippen LogP contribution in [0.4, 0.5) is 0 Å².